The smallest absolute Gasteiger partial charge is 0.0853 e. The summed E-state index contributed by atoms with van der Waals surface area (Å²) in [7, 11) is 5.56. The minimum absolute atomic E-state index is 0.00299. The predicted octanol–water partition coefficient (Wildman–Crippen LogP) is 1.57. The van der Waals surface area contributed by atoms with Crippen LogP contribution in [0.1, 0.15) is 32.1 Å². The lowest BCUT2D eigenvalue weighted by Gasteiger charge is -2.42. The van der Waals surface area contributed by atoms with Gasteiger partial charge in [0.25, 0.3) is 0 Å². The maximum absolute atomic E-state index is 5.74. The van der Waals surface area contributed by atoms with Gasteiger partial charge in [-0.1, -0.05) is 19.3 Å². The van der Waals surface area contributed by atoms with E-state index in [0.717, 1.165) is 19.4 Å². The summed E-state index contributed by atoms with van der Waals surface area (Å²) < 4.78 is 11.0. The fraction of sp³-hybridized carbons (Fsp3) is 1.00. The summed E-state index contributed by atoms with van der Waals surface area (Å²) in [6, 6.07) is 0.317. The third kappa shape index (κ3) is 2.47. The summed E-state index contributed by atoms with van der Waals surface area (Å²) in [6.45, 7) is 0.727. The molecule has 14 heavy (non-hydrogen) atoms. The molecule has 1 aliphatic carbocycles. The number of hydrogen-bond acceptors (Lipinski definition) is 3. The van der Waals surface area contributed by atoms with Crippen molar-refractivity contribution in [3.8, 4) is 0 Å². The van der Waals surface area contributed by atoms with E-state index in [4.69, 9.17) is 9.47 Å². The van der Waals surface area contributed by atoms with Crippen molar-refractivity contribution in [2.45, 2.75) is 43.7 Å². The third-order valence-corrected chi connectivity index (χ3v) is 3.42. The van der Waals surface area contributed by atoms with E-state index in [2.05, 4.69) is 5.32 Å². The lowest BCUT2D eigenvalue weighted by atomic mass is 9.79. The summed E-state index contributed by atoms with van der Waals surface area (Å²) in [5, 5.41) is 3.31. The van der Waals surface area contributed by atoms with E-state index in [1.54, 1.807) is 7.11 Å². The van der Waals surface area contributed by atoms with Crippen LogP contribution >= 0.6 is 0 Å². The molecule has 0 amide bonds. The maximum Gasteiger partial charge on any atom is 0.0853 e. The molecule has 0 radical (unpaired) electrons. The molecule has 0 aliphatic heterocycles. The normalized spacial score (nSPS) is 23.4. The zero-order valence-corrected chi connectivity index (χ0v) is 9.64. The van der Waals surface area contributed by atoms with Crippen molar-refractivity contribution in [2.75, 3.05) is 27.9 Å². The minimum Gasteiger partial charge on any atom is -0.383 e. The number of hydrogen-bond donors (Lipinski definition) is 1. The second kappa shape index (κ2) is 5.69. The molecule has 1 fully saturated rings. The Hall–Kier alpha value is -0.120. The molecule has 1 aliphatic rings. The molecule has 1 N–H and O–H groups in total. The highest BCUT2D eigenvalue weighted by Crippen LogP contribution is 2.34. The molecule has 0 spiro atoms. The van der Waals surface area contributed by atoms with E-state index in [9.17, 15) is 0 Å². The molecular weight excluding hydrogens is 178 g/mol. The molecule has 0 heterocycles. The number of ether oxygens (including phenoxy) is 2. The largest absolute Gasteiger partial charge is 0.383 e. The van der Waals surface area contributed by atoms with Crippen molar-refractivity contribution in [1.29, 1.82) is 0 Å². The van der Waals surface area contributed by atoms with Gasteiger partial charge in [0.05, 0.1) is 18.2 Å². The Kier molecular flexibility index (Phi) is 4.85. The minimum atomic E-state index is 0.00299. The van der Waals surface area contributed by atoms with E-state index in [-0.39, 0.29) is 5.60 Å². The fourth-order valence-electron chi connectivity index (χ4n) is 2.51. The topological polar surface area (TPSA) is 30.5 Å². The number of rotatable bonds is 5. The lowest BCUT2D eigenvalue weighted by Crippen LogP contribution is -2.54. The van der Waals surface area contributed by atoms with Gasteiger partial charge >= 0.3 is 0 Å². The molecule has 1 rings (SSSR count). The van der Waals surface area contributed by atoms with Crippen molar-refractivity contribution in [3.05, 3.63) is 0 Å². The van der Waals surface area contributed by atoms with E-state index in [1.165, 1.54) is 19.3 Å². The Bertz CT molecular complexity index is 155. The Morgan fingerprint density at radius 3 is 2.29 bits per heavy atom. The molecule has 3 heteroatoms. The standard InChI is InChI=1S/C11H23NO2/c1-12-10(9-13-2)11(14-3)7-5-4-6-8-11/h10,12H,4-9H2,1-3H3. The molecule has 0 bridgehead atoms. The quantitative estimate of drug-likeness (QED) is 0.732. The Balaban J connectivity index is 2.63. The number of methoxy groups -OCH3 is 2. The van der Waals surface area contributed by atoms with Crippen LogP contribution in [0.4, 0.5) is 0 Å². The van der Waals surface area contributed by atoms with Crippen LogP contribution in [0.5, 0.6) is 0 Å². The first kappa shape index (κ1) is 12.0. The summed E-state index contributed by atoms with van der Waals surface area (Å²) in [5.41, 5.74) is 0.00299. The highest BCUT2D eigenvalue weighted by molar-refractivity contribution is 4.94. The molecule has 0 aromatic rings. The van der Waals surface area contributed by atoms with Gasteiger partial charge < -0.3 is 14.8 Å². The average molecular weight is 201 g/mol. The van der Waals surface area contributed by atoms with Crippen molar-refractivity contribution < 1.29 is 9.47 Å². The first-order chi connectivity index (χ1) is 6.79. The van der Waals surface area contributed by atoms with Crippen LogP contribution in [-0.4, -0.2) is 39.5 Å². The summed E-state index contributed by atoms with van der Waals surface area (Å²) in [5.74, 6) is 0. The van der Waals surface area contributed by atoms with Crippen molar-refractivity contribution in [2.24, 2.45) is 0 Å². The molecule has 84 valence electrons. The third-order valence-electron chi connectivity index (χ3n) is 3.42. The first-order valence-electron chi connectivity index (χ1n) is 5.50. The number of nitrogens with one attached hydrogen (secondary N) is 1. The highest BCUT2D eigenvalue weighted by Gasteiger charge is 2.39. The van der Waals surface area contributed by atoms with Gasteiger partial charge in [-0.2, -0.15) is 0 Å². The van der Waals surface area contributed by atoms with Crippen molar-refractivity contribution in [1.82, 2.24) is 5.32 Å². The average Bonchev–Trinajstić information content (AvgIpc) is 2.27. The number of likely N-dealkylation sites (N-methyl/N-ethyl adjacent to an activating group) is 1. The Morgan fingerprint density at radius 1 is 1.21 bits per heavy atom. The molecule has 1 atom stereocenters. The maximum atomic E-state index is 5.74. The van der Waals surface area contributed by atoms with Crippen LogP contribution in [0.3, 0.4) is 0 Å². The van der Waals surface area contributed by atoms with Crippen molar-refractivity contribution >= 4 is 0 Å². The van der Waals surface area contributed by atoms with Gasteiger partial charge in [0, 0.05) is 14.2 Å². The van der Waals surface area contributed by atoms with Crippen LogP contribution in [-0.2, 0) is 9.47 Å². The molecule has 0 saturated heterocycles. The molecule has 0 aromatic heterocycles. The lowest BCUT2D eigenvalue weighted by molar-refractivity contribution is -0.0807. The molecule has 1 unspecified atom stereocenters. The fourth-order valence-corrected chi connectivity index (χ4v) is 2.51. The van der Waals surface area contributed by atoms with Gasteiger partial charge in [0.2, 0.25) is 0 Å². The highest BCUT2D eigenvalue weighted by atomic mass is 16.5. The molecule has 3 nitrogen and oxygen atoms in total. The van der Waals surface area contributed by atoms with Crippen LogP contribution in [0, 0.1) is 0 Å². The predicted molar refractivity (Wildman–Crippen MR) is 57.5 cm³/mol. The van der Waals surface area contributed by atoms with E-state index >= 15 is 0 Å². The molecule has 1 saturated carbocycles. The van der Waals surface area contributed by atoms with Crippen LogP contribution in [0.25, 0.3) is 0 Å². The summed E-state index contributed by atoms with van der Waals surface area (Å²) in [4.78, 5) is 0. The first-order valence-corrected chi connectivity index (χ1v) is 5.50. The van der Waals surface area contributed by atoms with Gasteiger partial charge in [-0.15, -0.1) is 0 Å². The summed E-state index contributed by atoms with van der Waals surface area (Å²) in [6.07, 6.45) is 6.19. The zero-order valence-electron chi connectivity index (χ0n) is 9.64. The zero-order chi connectivity index (χ0) is 10.4. The van der Waals surface area contributed by atoms with Crippen LogP contribution in [0.15, 0.2) is 0 Å². The molecule has 0 aromatic carbocycles. The van der Waals surface area contributed by atoms with Crippen LogP contribution in [0.2, 0.25) is 0 Å². The van der Waals surface area contributed by atoms with Gasteiger partial charge in [-0.05, 0) is 19.9 Å². The van der Waals surface area contributed by atoms with Crippen molar-refractivity contribution in [3.63, 3.8) is 0 Å². The Labute approximate surface area is 87.2 Å². The SMILES string of the molecule is CNC(COC)C1(OC)CCCCC1. The Morgan fingerprint density at radius 2 is 1.86 bits per heavy atom. The van der Waals surface area contributed by atoms with Gasteiger partial charge in [-0.25, -0.2) is 0 Å². The van der Waals surface area contributed by atoms with E-state index in [1.807, 2.05) is 14.2 Å². The van der Waals surface area contributed by atoms with E-state index in [0.29, 0.717) is 6.04 Å². The second-order valence-electron chi connectivity index (χ2n) is 4.13. The summed E-state index contributed by atoms with van der Waals surface area (Å²) >= 11 is 0. The monoisotopic (exact) mass is 201 g/mol. The second-order valence-corrected chi connectivity index (χ2v) is 4.13. The molecular formula is C11H23NO2. The van der Waals surface area contributed by atoms with Crippen LogP contribution < -0.4 is 5.32 Å². The van der Waals surface area contributed by atoms with Gasteiger partial charge in [0.15, 0.2) is 0 Å². The van der Waals surface area contributed by atoms with E-state index < -0.39 is 0 Å². The van der Waals surface area contributed by atoms with Gasteiger partial charge in [-0.3, -0.25) is 0 Å². The van der Waals surface area contributed by atoms with Gasteiger partial charge in [0.1, 0.15) is 0 Å².